The fourth-order valence-corrected chi connectivity index (χ4v) is 0.834. The molecule has 0 aliphatic rings. The summed E-state index contributed by atoms with van der Waals surface area (Å²) in [5.41, 5.74) is 0.742. The molecule has 4 nitrogen and oxygen atoms in total. The number of allylic oxidation sites excluding steroid dienone is 4. The van der Waals surface area contributed by atoms with E-state index in [1.807, 2.05) is 6.92 Å². The number of nitrogens with zero attached hydrogens (tertiary/aromatic N) is 1. The SMILES string of the molecule is C/C=C/C(C)=C(/C=C\NC)[N+](=O)[O-]. The molecule has 0 aliphatic heterocycles. The van der Waals surface area contributed by atoms with Gasteiger partial charge in [0.2, 0.25) is 0 Å². The van der Waals surface area contributed by atoms with Gasteiger partial charge >= 0.3 is 0 Å². The molecule has 0 rings (SSSR count). The molecular formula is C9H14N2O2. The summed E-state index contributed by atoms with van der Waals surface area (Å²) in [6.07, 6.45) is 6.45. The van der Waals surface area contributed by atoms with Crippen LogP contribution in [0.3, 0.4) is 0 Å². The van der Waals surface area contributed by atoms with Crippen LogP contribution in [0.1, 0.15) is 13.8 Å². The van der Waals surface area contributed by atoms with Crippen LogP contribution in [0.15, 0.2) is 35.7 Å². The van der Waals surface area contributed by atoms with Gasteiger partial charge < -0.3 is 5.32 Å². The van der Waals surface area contributed by atoms with Crippen molar-refractivity contribution in [3.63, 3.8) is 0 Å². The molecule has 4 heteroatoms. The first-order chi connectivity index (χ1) is 6.13. The highest BCUT2D eigenvalue weighted by molar-refractivity contribution is 5.26. The molecule has 0 saturated heterocycles. The van der Waals surface area contributed by atoms with E-state index in [0.717, 1.165) is 0 Å². The molecule has 0 atom stereocenters. The highest BCUT2D eigenvalue weighted by Crippen LogP contribution is 2.07. The van der Waals surface area contributed by atoms with Crippen molar-refractivity contribution in [2.75, 3.05) is 7.05 Å². The molecule has 0 saturated carbocycles. The Bertz CT molecular complexity index is 265. The van der Waals surface area contributed by atoms with Gasteiger partial charge in [0.15, 0.2) is 0 Å². The largest absolute Gasteiger partial charge is 0.394 e. The Labute approximate surface area is 77.8 Å². The van der Waals surface area contributed by atoms with Crippen molar-refractivity contribution < 1.29 is 4.92 Å². The molecule has 0 aromatic rings. The third kappa shape index (κ3) is 4.10. The predicted octanol–water partition coefficient (Wildman–Crippen LogP) is 1.85. The van der Waals surface area contributed by atoms with Crippen molar-refractivity contribution in [1.29, 1.82) is 0 Å². The monoisotopic (exact) mass is 182 g/mol. The quantitative estimate of drug-likeness (QED) is 0.410. The molecule has 13 heavy (non-hydrogen) atoms. The lowest BCUT2D eigenvalue weighted by Crippen LogP contribution is -2.00. The summed E-state index contributed by atoms with van der Waals surface area (Å²) in [4.78, 5) is 10.2. The van der Waals surface area contributed by atoms with Gasteiger partial charge in [-0.1, -0.05) is 12.2 Å². The Balaban J connectivity index is 4.88. The van der Waals surface area contributed by atoms with Crippen molar-refractivity contribution in [3.05, 3.63) is 45.8 Å². The number of hydrogen-bond donors (Lipinski definition) is 1. The smallest absolute Gasteiger partial charge is 0.273 e. The lowest BCUT2D eigenvalue weighted by atomic mass is 10.2. The van der Waals surface area contributed by atoms with Crippen LogP contribution in [-0.4, -0.2) is 12.0 Å². The van der Waals surface area contributed by atoms with Crippen LogP contribution in [0, 0.1) is 10.1 Å². The zero-order chi connectivity index (χ0) is 10.3. The second-order valence-corrected chi connectivity index (χ2v) is 2.45. The zero-order valence-corrected chi connectivity index (χ0v) is 8.07. The van der Waals surface area contributed by atoms with Crippen molar-refractivity contribution in [1.82, 2.24) is 5.32 Å². The van der Waals surface area contributed by atoms with E-state index in [1.54, 1.807) is 26.1 Å². The maximum absolute atomic E-state index is 10.6. The molecule has 1 N–H and O–H groups in total. The summed E-state index contributed by atoms with van der Waals surface area (Å²) < 4.78 is 0. The Morgan fingerprint density at radius 3 is 2.46 bits per heavy atom. The van der Waals surface area contributed by atoms with Crippen molar-refractivity contribution in [2.45, 2.75) is 13.8 Å². The van der Waals surface area contributed by atoms with Crippen LogP contribution in [0.25, 0.3) is 0 Å². The molecule has 0 aromatic carbocycles. The summed E-state index contributed by atoms with van der Waals surface area (Å²) >= 11 is 0. The lowest BCUT2D eigenvalue weighted by molar-refractivity contribution is -0.419. The Morgan fingerprint density at radius 1 is 1.46 bits per heavy atom. The minimum atomic E-state index is -0.400. The predicted molar refractivity (Wildman–Crippen MR) is 52.7 cm³/mol. The molecular weight excluding hydrogens is 168 g/mol. The second-order valence-electron chi connectivity index (χ2n) is 2.45. The highest BCUT2D eigenvalue weighted by Gasteiger charge is 2.08. The van der Waals surface area contributed by atoms with Crippen LogP contribution in [-0.2, 0) is 0 Å². The van der Waals surface area contributed by atoms with Gasteiger partial charge in [-0.25, -0.2) is 0 Å². The number of rotatable bonds is 4. The third-order valence-electron chi connectivity index (χ3n) is 1.43. The van der Waals surface area contributed by atoms with Crippen molar-refractivity contribution in [3.8, 4) is 0 Å². The van der Waals surface area contributed by atoms with Gasteiger partial charge in [0.05, 0.1) is 4.92 Å². The van der Waals surface area contributed by atoms with Crippen molar-refractivity contribution >= 4 is 0 Å². The van der Waals surface area contributed by atoms with Gasteiger partial charge in [0, 0.05) is 24.9 Å². The van der Waals surface area contributed by atoms with Gasteiger partial charge in [-0.05, 0) is 13.8 Å². The van der Waals surface area contributed by atoms with Crippen LogP contribution in [0.2, 0.25) is 0 Å². The van der Waals surface area contributed by atoms with Crippen LogP contribution < -0.4 is 5.32 Å². The van der Waals surface area contributed by atoms with Crippen LogP contribution in [0.4, 0.5) is 0 Å². The molecule has 0 aromatic heterocycles. The first kappa shape index (κ1) is 11.4. The summed E-state index contributed by atoms with van der Waals surface area (Å²) in [6, 6.07) is 0. The topological polar surface area (TPSA) is 55.2 Å². The van der Waals surface area contributed by atoms with E-state index in [9.17, 15) is 10.1 Å². The lowest BCUT2D eigenvalue weighted by Gasteiger charge is -1.94. The van der Waals surface area contributed by atoms with E-state index >= 15 is 0 Å². The Hall–Kier alpha value is -1.58. The molecule has 0 aliphatic carbocycles. The van der Waals surface area contributed by atoms with E-state index in [1.165, 1.54) is 12.3 Å². The van der Waals surface area contributed by atoms with Gasteiger partial charge in [-0.15, -0.1) is 0 Å². The average molecular weight is 182 g/mol. The highest BCUT2D eigenvalue weighted by atomic mass is 16.6. The summed E-state index contributed by atoms with van der Waals surface area (Å²) in [6.45, 7) is 3.53. The summed E-state index contributed by atoms with van der Waals surface area (Å²) in [5, 5.41) is 13.3. The van der Waals surface area contributed by atoms with Crippen LogP contribution in [0.5, 0.6) is 0 Å². The molecule has 0 amide bonds. The van der Waals surface area contributed by atoms with E-state index in [0.29, 0.717) is 5.57 Å². The molecule has 0 spiro atoms. The van der Waals surface area contributed by atoms with Gasteiger partial charge in [0.1, 0.15) is 0 Å². The number of hydrogen-bond acceptors (Lipinski definition) is 3. The molecule has 0 bridgehead atoms. The zero-order valence-electron chi connectivity index (χ0n) is 8.07. The summed E-state index contributed by atoms with van der Waals surface area (Å²) in [5.74, 6) is 0. The molecule has 0 heterocycles. The Kier molecular flexibility index (Phi) is 5.27. The Morgan fingerprint density at radius 2 is 2.08 bits per heavy atom. The van der Waals surface area contributed by atoms with Gasteiger partial charge in [-0.3, -0.25) is 10.1 Å². The average Bonchev–Trinajstić information content (AvgIpc) is 2.05. The molecule has 0 unspecified atom stereocenters. The maximum Gasteiger partial charge on any atom is 0.273 e. The van der Waals surface area contributed by atoms with Gasteiger partial charge in [-0.2, -0.15) is 0 Å². The van der Waals surface area contributed by atoms with Gasteiger partial charge in [0.25, 0.3) is 5.70 Å². The van der Waals surface area contributed by atoms with E-state index in [-0.39, 0.29) is 5.70 Å². The first-order valence-corrected chi connectivity index (χ1v) is 3.95. The van der Waals surface area contributed by atoms with E-state index < -0.39 is 4.92 Å². The standard InChI is InChI=1S/C9H14N2O2/c1-4-5-8(2)9(11(12)13)6-7-10-3/h4-7,10H,1-3H3/b5-4+,7-6-,9-8-. The maximum atomic E-state index is 10.6. The second kappa shape index (κ2) is 5.99. The van der Waals surface area contributed by atoms with E-state index in [4.69, 9.17) is 0 Å². The number of nitro groups is 1. The normalized spacial score (nSPS) is 13.5. The fraction of sp³-hybridized carbons (Fsp3) is 0.333. The summed E-state index contributed by atoms with van der Waals surface area (Å²) in [7, 11) is 1.69. The first-order valence-electron chi connectivity index (χ1n) is 3.95. The molecule has 0 fully saturated rings. The third-order valence-corrected chi connectivity index (χ3v) is 1.43. The fourth-order valence-electron chi connectivity index (χ4n) is 0.834. The minimum absolute atomic E-state index is 0.104. The molecule has 0 radical (unpaired) electrons. The van der Waals surface area contributed by atoms with E-state index in [2.05, 4.69) is 5.32 Å². The number of nitrogens with one attached hydrogen (secondary N) is 1. The van der Waals surface area contributed by atoms with Crippen LogP contribution >= 0.6 is 0 Å². The molecule has 72 valence electrons. The van der Waals surface area contributed by atoms with Crippen molar-refractivity contribution in [2.24, 2.45) is 0 Å². The minimum Gasteiger partial charge on any atom is -0.394 e.